The Morgan fingerprint density at radius 1 is 1.00 bits per heavy atom. The first kappa shape index (κ1) is 19.8. The summed E-state index contributed by atoms with van der Waals surface area (Å²) in [5, 5.41) is 9.04. The fourth-order valence-electron chi connectivity index (χ4n) is 3.07. The molecule has 0 radical (unpaired) electrons. The van der Waals surface area contributed by atoms with Gasteiger partial charge in [-0.05, 0) is 19.3 Å². The van der Waals surface area contributed by atoms with E-state index in [1.54, 1.807) is 0 Å². The number of hydrogen-bond acceptors (Lipinski definition) is 3. The highest BCUT2D eigenvalue weighted by atomic mass is 16.6. The van der Waals surface area contributed by atoms with Gasteiger partial charge in [-0.25, -0.2) is 9.59 Å². The standard InChI is InChI=1S/C18H33NO4/c1-2-3-4-5-6-7-8-9-10-11-15-23-18(22)19-14-12-13-16(19)17(20)21/h16H,2-15H2,1H3,(H,20,21). The molecule has 1 aliphatic heterocycles. The van der Waals surface area contributed by atoms with Gasteiger partial charge in [0.1, 0.15) is 6.04 Å². The third kappa shape index (κ3) is 8.24. The average Bonchev–Trinajstić information content (AvgIpc) is 3.02. The molecule has 0 aromatic carbocycles. The first-order chi connectivity index (χ1) is 11.2. The van der Waals surface area contributed by atoms with E-state index in [0.29, 0.717) is 19.6 Å². The maximum absolute atomic E-state index is 11.9. The molecular weight excluding hydrogens is 294 g/mol. The monoisotopic (exact) mass is 327 g/mol. The minimum atomic E-state index is -0.932. The second-order valence-electron chi connectivity index (χ2n) is 6.49. The summed E-state index contributed by atoms with van der Waals surface area (Å²) < 4.78 is 5.20. The number of amides is 1. The summed E-state index contributed by atoms with van der Waals surface area (Å²) in [6.07, 6.45) is 13.2. The molecule has 1 atom stereocenters. The van der Waals surface area contributed by atoms with Crippen LogP contribution in [0.4, 0.5) is 4.79 Å². The molecule has 1 rings (SSSR count). The summed E-state index contributed by atoms with van der Waals surface area (Å²) in [6, 6.07) is -0.699. The van der Waals surface area contributed by atoms with E-state index >= 15 is 0 Å². The predicted octanol–water partition coefficient (Wildman–Crippen LogP) is 4.59. The van der Waals surface area contributed by atoms with Crippen LogP contribution in [-0.4, -0.2) is 41.3 Å². The van der Waals surface area contributed by atoms with E-state index in [2.05, 4.69) is 6.92 Å². The molecule has 5 nitrogen and oxygen atoms in total. The highest BCUT2D eigenvalue weighted by Gasteiger charge is 2.34. The Balaban J connectivity index is 1.94. The zero-order chi connectivity index (χ0) is 16.9. The van der Waals surface area contributed by atoms with Crippen LogP contribution in [-0.2, 0) is 9.53 Å². The van der Waals surface area contributed by atoms with Gasteiger partial charge in [0.15, 0.2) is 0 Å². The van der Waals surface area contributed by atoms with Crippen molar-refractivity contribution in [2.24, 2.45) is 0 Å². The third-order valence-electron chi connectivity index (χ3n) is 4.50. The number of rotatable bonds is 12. The van der Waals surface area contributed by atoms with Gasteiger partial charge >= 0.3 is 12.1 Å². The van der Waals surface area contributed by atoms with E-state index < -0.39 is 18.1 Å². The van der Waals surface area contributed by atoms with Crippen LogP contribution in [0.1, 0.15) is 84.0 Å². The van der Waals surface area contributed by atoms with Gasteiger partial charge in [0.25, 0.3) is 0 Å². The van der Waals surface area contributed by atoms with Crippen molar-refractivity contribution < 1.29 is 19.4 Å². The molecule has 1 saturated heterocycles. The van der Waals surface area contributed by atoms with Gasteiger partial charge in [-0.1, -0.05) is 64.7 Å². The first-order valence-electron chi connectivity index (χ1n) is 9.33. The summed E-state index contributed by atoms with van der Waals surface area (Å²) >= 11 is 0. The van der Waals surface area contributed by atoms with E-state index in [-0.39, 0.29) is 0 Å². The van der Waals surface area contributed by atoms with E-state index in [4.69, 9.17) is 9.84 Å². The van der Waals surface area contributed by atoms with E-state index in [1.165, 1.54) is 56.3 Å². The summed E-state index contributed by atoms with van der Waals surface area (Å²) in [5.74, 6) is -0.932. The zero-order valence-electron chi connectivity index (χ0n) is 14.6. The van der Waals surface area contributed by atoms with Crippen molar-refractivity contribution in [3.8, 4) is 0 Å². The molecule has 1 N–H and O–H groups in total. The normalized spacial score (nSPS) is 17.4. The molecule has 1 fully saturated rings. The van der Waals surface area contributed by atoms with Gasteiger partial charge in [-0.2, -0.15) is 0 Å². The molecule has 1 amide bonds. The number of carboxylic acids is 1. The van der Waals surface area contributed by atoms with Gasteiger partial charge in [-0.15, -0.1) is 0 Å². The average molecular weight is 327 g/mol. The SMILES string of the molecule is CCCCCCCCCCCCOC(=O)N1CCCC1C(=O)O. The lowest BCUT2D eigenvalue weighted by Gasteiger charge is -2.20. The Morgan fingerprint density at radius 2 is 1.57 bits per heavy atom. The molecule has 23 heavy (non-hydrogen) atoms. The van der Waals surface area contributed by atoms with Gasteiger partial charge in [-0.3, -0.25) is 4.90 Å². The number of unbranched alkanes of at least 4 members (excludes halogenated alkanes) is 9. The topological polar surface area (TPSA) is 66.8 Å². The summed E-state index contributed by atoms with van der Waals surface area (Å²) in [4.78, 5) is 24.2. The number of nitrogens with zero attached hydrogens (tertiary/aromatic N) is 1. The summed E-state index contributed by atoms with van der Waals surface area (Å²) in [5.41, 5.74) is 0. The van der Waals surface area contributed by atoms with Crippen molar-refractivity contribution in [3.63, 3.8) is 0 Å². The van der Waals surface area contributed by atoms with E-state index in [1.807, 2.05) is 0 Å². The number of aliphatic carboxylic acids is 1. The molecule has 1 aliphatic rings. The lowest BCUT2D eigenvalue weighted by molar-refractivity contribution is -0.141. The minimum Gasteiger partial charge on any atom is -0.480 e. The predicted molar refractivity (Wildman–Crippen MR) is 90.6 cm³/mol. The van der Waals surface area contributed by atoms with Crippen LogP contribution >= 0.6 is 0 Å². The summed E-state index contributed by atoms with van der Waals surface area (Å²) in [6.45, 7) is 3.13. The fraction of sp³-hybridized carbons (Fsp3) is 0.889. The van der Waals surface area contributed by atoms with E-state index in [9.17, 15) is 9.59 Å². The molecule has 0 aromatic rings. The van der Waals surface area contributed by atoms with Crippen LogP contribution in [0.2, 0.25) is 0 Å². The number of carbonyl (C=O) groups is 2. The lowest BCUT2D eigenvalue weighted by Crippen LogP contribution is -2.40. The fourth-order valence-corrected chi connectivity index (χ4v) is 3.07. The van der Waals surface area contributed by atoms with Crippen molar-refractivity contribution >= 4 is 12.1 Å². The molecule has 0 aromatic heterocycles. The summed E-state index contributed by atoms with van der Waals surface area (Å²) in [7, 11) is 0. The molecular formula is C18H33NO4. The smallest absolute Gasteiger partial charge is 0.410 e. The van der Waals surface area contributed by atoms with Crippen LogP contribution in [0.15, 0.2) is 0 Å². The third-order valence-corrected chi connectivity index (χ3v) is 4.50. The van der Waals surface area contributed by atoms with Crippen molar-refractivity contribution in [3.05, 3.63) is 0 Å². The highest BCUT2D eigenvalue weighted by molar-refractivity contribution is 5.80. The molecule has 1 heterocycles. The molecule has 0 spiro atoms. The van der Waals surface area contributed by atoms with Gasteiger partial charge in [0, 0.05) is 6.54 Å². The molecule has 5 heteroatoms. The van der Waals surface area contributed by atoms with Gasteiger partial charge < -0.3 is 9.84 Å². The Kier molecular flexibility index (Phi) is 10.5. The zero-order valence-corrected chi connectivity index (χ0v) is 14.6. The van der Waals surface area contributed by atoms with Crippen LogP contribution in [0.3, 0.4) is 0 Å². The Morgan fingerprint density at radius 3 is 2.13 bits per heavy atom. The second kappa shape index (κ2) is 12.2. The van der Waals surface area contributed by atoms with Crippen molar-refractivity contribution in [2.75, 3.05) is 13.2 Å². The van der Waals surface area contributed by atoms with E-state index in [0.717, 1.165) is 19.3 Å². The first-order valence-corrected chi connectivity index (χ1v) is 9.33. The number of likely N-dealkylation sites (tertiary alicyclic amines) is 1. The van der Waals surface area contributed by atoms with Crippen LogP contribution in [0, 0.1) is 0 Å². The van der Waals surface area contributed by atoms with Gasteiger partial charge in [0.2, 0.25) is 0 Å². The maximum atomic E-state index is 11.9. The number of ether oxygens (including phenoxy) is 1. The number of carbonyl (C=O) groups excluding carboxylic acids is 1. The van der Waals surface area contributed by atoms with Crippen LogP contribution in [0.25, 0.3) is 0 Å². The second-order valence-corrected chi connectivity index (χ2v) is 6.49. The van der Waals surface area contributed by atoms with Crippen molar-refractivity contribution in [1.82, 2.24) is 4.90 Å². The Hall–Kier alpha value is -1.26. The van der Waals surface area contributed by atoms with Crippen molar-refractivity contribution in [2.45, 2.75) is 90.0 Å². The Labute approximate surface area is 140 Å². The quantitative estimate of drug-likeness (QED) is 0.532. The van der Waals surface area contributed by atoms with Crippen LogP contribution in [0.5, 0.6) is 0 Å². The van der Waals surface area contributed by atoms with Gasteiger partial charge in [0.05, 0.1) is 6.61 Å². The highest BCUT2D eigenvalue weighted by Crippen LogP contribution is 2.18. The van der Waals surface area contributed by atoms with Crippen molar-refractivity contribution in [1.29, 1.82) is 0 Å². The molecule has 0 aliphatic carbocycles. The maximum Gasteiger partial charge on any atom is 0.410 e. The number of hydrogen-bond donors (Lipinski definition) is 1. The number of carboxylic acid groups (broad SMARTS) is 1. The molecule has 0 saturated carbocycles. The lowest BCUT2D eigenvalue weighted by atomic mass is 10.1. The molecule has 1 unspecified atom stereocenters. The largest absolute Gasteiger partial charge is 0.480 e. The molecule has 0 bridgehead atoms. The minimum absolute atomic E-state index is 0.401. The van der Waals surface area contributed by atoms with Crippen LogP contribution < -0.4 is 0 Å². The Bertz CT molecular complexity index is 346. The molecule has 134 valence electrons.